The van der Waals surface area contributed by atoms with Gasteiger partial charge >= 0.3 is 0 Å². The first-order valence-electron chi connectivity index (χ1n) is 11.2. The predicted octanol–water partition coefficient (Wildman–Crippen LogP) is 6.21. The monoisotopic (exact) mass is 473 g/mol. The minimum Gasteiger partial charge on any atom is -0.483 e. The third-order valence-corrected chi connectivity index (χ3v) is 5.89. The van der Waals surface area contributed by atoms with Gasteiger partial charge in [0, 0.05) is 11.3 Å². The largest absolute Gasteiger partial charge is 0.483 e. The van der Waals surface area contributed by atoms with Crippen LogP contribution in [0.3, 0.4) is 0 Å². The van der Waals surface area contributed by atoms with Gasteiger partial charge in [-0.3, -0.25) is 10.1 Å². The Hall–Kier alpha value is -3.71. The molecule has 3 aromatic carbocycles. The van der Waals surface area contributed by atoms with E-state index in [4.69, 9.17) is 21.4 Å². The first kappa shape index (κ1) is 23.4. The van der Waals surface area contributed by atoms with E-state index in [9.17, 15) is 4.79 Å². The number of amides is 1. The Kier molecular flexibility index (Phi) is 7.23. The van der Waals surface area contributed by atoms with Crippen molar-refractivity contribution in [1.82, 2.24) is 10.3 Å². The van der Waals surface area contributed by atoms with Crippen LogP contribution in [0.1, 0.15) is 37.3 Å². The lowest BCUT2D eigenvalue weighted by atomic mass is 9.98. The van der Waals surface area contributed by atoms with Crippen LogP contribution in [0.5, 0.6) is 5.75 Å². The van der Waals surface area contributed by atoms with Gasteiger partial charge in [-0.1, -0.05) is 38.1 Å². The zero-order valence-electron chi connectivity index (χ0n) is 19.4. The number of carbonyl (C=O) groups excluding carboxylic acids is 1. The fraction of sp³-hybridized carbons (Fsp3) is 0.222. The number of aromatic nitrogens is 1. The molecule has 0 saturated heterocycles. The second-order valence-electron chi connectivity index (χ2n) is 8.19. The van der Waals surface area contributed by atoms with Gasteiger partial charge in [0.2, 0.25) is 5.89 Å². The van der Waals surface area contributed by atoms with E-state index < -0.39 is 0 Å². The van der Waals surface area contributed by atoms with Crippen molar-refractivity contribution >= 4 is 40.0 Å². The number of nitrogens with one attached hydrogen (secondary N) is 2. The highest BCUT2D eigenvalue weighted by Gasteiger charge is 2.12. The van der Waals surface area contributed by atoms with Crippen LogP contribution in [0.15, 0.2) is 71.1 Å². The van der Waals surface area contributed by atoms with Crippen LogP contribution in [0.4, 0.5) is 5.69 Å². The van der Waals surface area contributed by atoms with E-state index >= 15 is 0 Å². The number of benzene rings is 3. The van der Waals surface area contributed by atoms with Crippen molar-refractivity contribution in [2.75, 3.05) is 11.9 Å². The Morgan fingerprint density at radius 3 is 2.62 bits per heavy atom. The summed E-state index contributed by atoms with van der Waals surface area (Å²) >= 11 is 5.25. The number of nitrogens with zero attached hydrogens (tertiary/aromatic N) is 1. The maximum atomic E-state index is 12.2. The highest BCUT2D eigenvalue weighted by Crippen LogP contribution is 2.28. The van der Waals surface area contributed by atoms with E-state index in [1.54, 1.807) is 0 Å². The second-order valence-corrected chi connectivity index (χ2v) is 8.60. The van der Waals surface area contributed by atoms with E-state index in [0.29, 0.717) is 17.6 Å². The fourth-order valence-corrected chi connectivity index (χ4v) is 3.72. The van der Waals surface area contributed by atoms with Gasteiger partial charge in [-0.25, -0.2) is 4.98 Å². The minimum atomic E-state index is -0.333. The minimum absolute atomic E-state index is 0.123. The maximum absolute atomic E-state index is 12.2. The van der Waals surface area contributed by atoms with E-state index in [1.807, 2.05) is 61.5 Å². The molecule has 174 valence electrons. The van der Waals surface area contributed by atoms with Crippen molar-refractivity contribution in [2.45, 2.75) is 33.1 Å². The first-order valence-corrected chi connectivity index (χ1v) is 11.6. The lowest BCUT2D eigenvalue weighted by Crippen LogP contribution is -2.37. The molecule has 0 aliphatic heterocycles. The number of carbonyl (C=O) groups is 1. The molecule has 0 saturated carbocycles. The molecule has 0 bridgehead atoms. The van der Waals surface area contributed by atoms with Crippen molar-refractivity contribution in [3.63, 3.8) is 0 Å². The summed E-state index contributed by atoms with van der Waals surface area (Å²) in [5.74, 6) is 1.38. The second kappa shape index (κ2) is 10.5. The summed E-state index contributed by atoms with van der Waals surface area (Å²) in [5.41, 5.74) is 5.44. The van der Waals surface area contributed by atoms with Crippen LogP contribution >= 0.6 is 12.2 Å². The summed E-state index contributed by atoms with van der Waals surface area (Å²) in [4.78, 5) is 16.8. The Morgan fingerprint density at radius 2 is 1.88 bits per heavy atom. The number of thiocarbonyl (C=S) groups is 1. The lowest BCUT2D eigenvalue weighted by molar-refractivity contribution is -0.121. The lowest BCUT2D eigenvalue weighted by Gasteiger charge is -2.11. The van der Waals surface area contributed by atoms with Crippen LogP contribution in [0, 0.1) is 6.92 Å². The van der Waals surface area contributed by atoms with Crippen molar-refractivity contribution in [2.24, 2.45) is 0 Å². The molecule has 0 fully saturated rings. The maximum Gasteiger partial charge on any atom is 0.264 e. The van der Waals surface area contributed by atoms with E-state index in [0.717, 1.165) is 34.3 Å². The third-order valence-electron chi connectivity index (χ3n) is 5.69. The number of oxazole rings is 1. The molecule has 2 N–H and O–H groups in total. The molecular weight excluding hydrogens is 446 g/mol. The number of anilines is 1. The number of hydrogen-bond acceptors (Lipinski definition) is 5. The Balaban J connectivity index is 1.34. The number of fused-ring (bicyclic) bond motifs is 1. The molecule has 0 radical (unpaired) electrons. The van der Waals surface area contributed by atoms with Gasteiger partial charge < -0.3 is 14.5 Å². The molecule has 0 aliphatic carbocycles. The summed E-state index contributed by atoms with van der Waals surface area (Å²) in [6, 6.07) is 21.2. The molecule has 1 atom stereocenters. The van der Waals surface area contributed by atoms with E-state index in [2.05, 4.69) is 41.6 Å². The normalized spacial score (nSPS) is 11.7. The first-order chi connectivity index (χ1) is 16.4. The average Bonchev–Trinajstić information content (AvgIpc) is 3.27. The zero-order valence-corrected chi connectivity index (χ0v) is 20.2. The van der Waals surface area contributed by atoms with Crippen LogP contribution in [-0.4, -0.2) is 22.6 Å². The van der Waals surface area contributed by atoms with Crippen LogP contribution in [0.25, 0.3) is 22.6 Å². The topological polar surface area (TPSA) is 76.4 Å². The van der Waals surface area contributed by atoms with Gasteiger partial charge in [0.05, 0.1) is 0 Å². The molecule has 1 aromatic heterocycles. The molecule has 7 heteroatoms. The average molecular weight is 474 g/mol. The summed E-state index contributed by atoms with van der Waals surface area (Å²) in [6.07, 6.45) is 1.08. The van der Waals surface area contributed by atoms with Crippen molar-refractivity contribution in [3.8, 4) is 17.2 Å². The Labute approximate surface area is 204 Å². The number of aryl methyl sites for hydroxylation is 1. The Morgan fingerprint density at radius 1 is 1.12 bits per heavy atom. The molecule has 1 heterocycles. The third kappa shape index (κ3) is 5.61. The molecule has 4 aromatic rings. The predicted molar refractivity (Wildman–Crippen MR) is 139 cm³/mol. The number of para-hydroxylation sites is 1. The van der Waals surface area contributed by atoms with Gasteiger partial charge in [0.1, 0.15) is 11.3 Å². The van der Waals surface area contributed by atoms with Crippen molar-refractivity contribution in [1.29, 1.82) is 0 Å². The van der Waals surface area contributed by atoms with Crippen molar-refractivity contribution in [3.05, 3.63) is 77.9 Å². The molecule has 6 nitrogen and oxygen atoms in total. The highest BCUT2D eigenvalue weighted by atomic mass is 32.1. The van der Waals surface area contributed by atoms with Crippen LogP contribution in [0.2, 0.25) is 0 Å². The summed E-state index contributed by atoms with van der Waals surface area (Å²) in [6.45, 7) is 6.18. The molecule has 4 rings (SSSR count). The quantitative estimate of drug-likeness (QED) is 0.311. The number of ether oxygens (including phenoxy) is 1. The summed E-state index contributed by atoms with van der Waals surface area (Å²) in [5, 5.41) is 5.83. The fourth-order valence-electron chi connectivity index (χ4n) is 3.49. The van der Waals surface area contributed by atoms with Crippen molar-refractivity contribution < 1.29 is 13.9 Å². The molecule has 0 spiro atoms. The van der Waals surface area contributed by atoms with Gasteiger partial charge in [-0.2, -0.15) is 0 Å². The molecule has 0 aliphatic rings. The number of rotatable bonds is 7. The highest BCUT2D eigenvalue weighted by molar-refractivity contribution is 7.80. The SMILES string of the molecule is CCC(C)c1ccc2oc(-c3ccc(NC(=S)NC(=O)COc4ccccc4C)cc3)nc2c1. The van der Waals surface area contributed by atoms with Gasteiger partial charge in [0.25, 0.3) is 5.91 Å². The van der Waals surface area contributed by atoms with Gasteiger partial charge in [0.15, 0.2) is 17.3 Å². The molecular formula is C27H27N3O3S. The smallest absolute Gasteiger partial charge is 0.264 e. The van der Waals surface area contributed by atoms with E-state index in [1.165, 1.54) is 5.56 Å². The van der Waals surface area contributed by atoms with Gasteiger partial charge in [-0.05, 0) is 85.1 Å². The standard InChI is InChI=1S/C27H27N3O3S/c1-4-17(2)20-11-14-24-22(15-20)29-26(33-24)19-9-12-21(13-10-19)28-27(34)30-25(31)16-32-23-8-6-5-7-18(23)3/h5-15,17H,4,16H2,1-3H3,(H2,28,30,31,34). The van der Waals surface area contributed by atoms with E-state index in [-0.39, 0.29) is 17.6 Å². The van der Waals surface area contributed by atoms with Crippen LogP contribution < -0.4 is 15.4 Å². The molecule has 34 heavy (non-hydrogen) atoms. The van der Waals surface area contributed by atoms with Gasteiger partial charge in [-0.15, -0.1) is 0 Å². The number of hydrogen-bond donors (Lipinski definition) is 2. The summed E-state index contributed by atoms with van der Waals surface area (Å²) < 4.78 is 11.5. The Bertz CT molecular complexity index is 1310. The zero-order chi connectivity index (χ0) is 24.1. The molecule has 1 amide bonds. The molecule has 1 unspecified atom stereocenters. The summed E-state index contributed by atoms with van der Waals surface area (Å²) in [7, 11) is 0. The van der Waals surface area contributed by atoms with Crippen LogP contribution in [-0.2, 0) is 4.79 Å².